The van der Waals surface area contributed by atoms with Gasteiger partial charge in [-0.3, -0.25) is 9.36 Å². The lowest BCUT2D eigenvalue weighted by Crippen LogP contribution is -2.45. The first kappa shape index (κ1) is 59.6. The number of phosphoric acid groups is 1. The molecular formula is C54H89N2O6P. The third-order valence-electron chi connectivity index (χ3n) is 9.59. The summed E-state index contributed by atoms with van der Waals surface area (Å²) in [7, 11) is 1.18. The van der Waals surface area contributed by atoms with Gasteiger partial charge >= 0.3 is 0 Å². The maximum absolute atomic E-state index is 12.8. The number of hydrogen-bond acceptors (Lipinski definition) is 6. The Balaban J connectivity index is 4.46. The summed E-state index contributed by atoms with van der Waals surface area (Å²) in [5.41, 5.74) is 0. The van der Waals surface area contributed by atoms with Crippen molar-refractivity contribution < 1.29 is 32.9 Å². The maximum Gasteiger partial charge on any atom is 0.268 e. The molecule has 8 nitrogen and oxygen atoms in total. The van der Waals surface area contributed by atoms with Crippen molar-refractivity contribution in [3.8, 4) is 0 Å². The molecular weight excluding hydrogens is 804 g/mol. The molecule has 3 atom stereocenters. The van der Waals surface area contributed by atoms with E-state index in [2.05, 4.69) is 141 Å². The van der Waals surface area contributed by atoms with E-state index >= 15 is 0 Å². The van der Waals surface area contributed by atoms with E-state index in [1.54, 1.807) is 6.08 Å². The number of unbranched alkanes of at least 4 members (excludes halogenated alkanes) is 8. The molecule has 0 spiro atoms. The van der Waals surface area contributed by atoms with Crippen LogP contribution in [0.5, 0.6) is 0 Å². The minimum Gasteiger partial charge on any atom is -0.756 e. The number of carbonyl (C=O) groups excluding carboxylic acids is 1. The maximum atomic E-state index is 12.8. The molecule has 0 bridgehead atoms. The predicted molar refractivity (Wildman–Crippen MR) is 269 cm³/mol. The quantitative estimate of drug-likeness (QED) is 0.0274. The van der Waals surface area contributed by atoms with E-state index in [0.717, 1.165) is 83.5 Å². The first-order valence-electron chi connectivity index (χ1n) is 24.0. The largest absolute Gasteiger partial charge is 0.756 e. The highest BCUT2D eigenvalue weighted by Gasteiger charge is 2.23. The number of phosphoric ester groups is 1. The second-order valence-corrected chi connectivity index (χ2v) is 18.1. The molecule has 0 aromatic rings. The minimum atomic E-state index is -4.62. The number of hydrogen-bond donors (Lipinski definition) is 2. The van der Waals surface area contributed by atoms with Gasteiger partial charge in [0, 0.05) is 6.42 Å². The van der Waals surface area contributed by atoms with Crippen molar-refractivity contribution in [1.82, 2.24) is 5.32 Å². The van der Waals surface area contributed by atoms with Crippen LogP contribution in [-0.4, -0.2) is 68.5 Å². The average molecular weight is 893 g/mol. The molecule has 356 valence electrons. The van der Waals surface area contributed by atoms with Crippen LogP contribution in [0, 0.1) is 0 Å². The summed E-state index contributed by atoms with van der Waals surface area (Å²) in [5, 5.41) is 13.7. The van der Waals surface area contributed by atoms with Crippen molar-refractivity contribution in [3.63, 3.8) is 0 Å². The fourth-order valence-corrected chi connectivity index (χ4v) is 6.54. The number of nitrogens with one attached hydrogen (secondary N) is 1. The highest BCUT2D eigenvalue weighted by molar-refractivity contribution is 7.45. The Labute approximate surface area is 386 Å². The molecule has 63 heavy (non-hydrogen) atoms. The standard InChI is InChI=1S/C54H89N2O6P/c1-6-8-10-12-14-16-18-20-21-22-23-24-25-26-27-28-29-30-31-32-33-34-35-36-38-40-42-44-46-48-54(58)55-52(51-62-63(59,60)61-50-49-56(3,4)5)53(57)47-45-43-41-39-37-19-17-15-13-11-9-7-2/h8,10,14,16,20-21,23-24,26-27,29-30,32-33,35-37,39-40,42,45,47,52-53,57H,6-7,9,11-13,15,17-19,22,25,28,31,34,38,41,43-44,46,48-51H2,1-5H3,(H-,55,58,59,60)/b10-8-,16-14-,21-20-,24-23-,27-26-,30-29-,33-32-,36-35-,39-37+,42-40-,47-45+. The lowest BCUT2D eigenvalue weighted by molar-refractivity contribution is -0.870. The molecule has 9 heteroatoms. The second kappa shape index (κ2) is 43.9. The molecule has 0 aliphatic heterocycles. The number of aliphatic hydroxyl groups is 1. The van der Waals surface area contributed by atoms with Crippen LogP contribution in [-0.2, 0) is 18.4 Å². The monoisotopic (exact) mass is 893 g/mol. The Morgan fingerprint density at radius 2 is 0.984 bits per heavy atom. The lowest BCUT2D eigenvalue weighted by atomic mass is 10.1. The van der Waals surface area contributed by atoms with Gasteiger partial charge in [-0.2, -0.15) is 0 Å². The van der Waals surface area contributed by atoms with Crippen molar-refractivity contribution in [3.05, 3.63) is 134 Å². The Morgan fingerprint density at radius 3 is 1.48 bits per heavy atom. The van der Waals surface area contributed by atoms with Gasteiger partial charge in [-0.1, -0.05) is 180 Å². The summed E-state index contributed by atoms with van der Waals surface area (Å²) < 4.78 is 23.1. The van der Waals surface area contributed by atoms with Crippen molar-refractivity contribution >= 4 is 13.7 Å². The Hall–Kier alpha value is -3.36. The highest BCUT2D eigenvalue weighted by Crippen LogP contribution is 2.38. The van der Waals surface area contributed by atoms with Gasteiger partial charge in [0.25, 0.3) is 7.82 Å². The van der Waals surface area contributed by atoms with E-state index in [9.17, 15) is 19.4 Å². The van der Waals surface area contributed by atoms with Gasteiger partial charge in [-0.25, -0.2) is 0 Å². The van der Waals surface area contributed by atoms with Crippen molar-refractivity contribution in [1.29, 1.82) is 0 Å². The van der Waals surface area contributed by atoms with Gasteiger partial charge in [-0.05, 0) is 96.3 Å². The van der Waals surface area contributed by atoms with Crippen LogP contribution in [0.25, 0.3) is 0 Å². The number of quaternary nitrogens is 1. The fourth-order valence-electron chi connectivity index (χ4n) is 5.81. The number of amides is 1. The normalized spacial score (nSPS) is 15.3. The van der Waals surface area contributed by atoms with E-state index < -0.39 is 26.6 Å². The number of nitrogens with zero attached hydrogens (tertiary/aromatic N) is 1. The molecule has 0 aromatic heterocycles. The van der Waals surface area contributed by atoms with Gasteiger partial charge in [0.2, 0.25) is 5.91 Å². The molecule has 0 aromatic carbocycles. The van der Waals surface area contributed by atoms with Gasteiger partial charge < -0.3 is 28.8 Å². The number of carbonyl (C=O) groups is 1. The lowest BCUT2D eigenvalue weighted by Gasteiger charge is -2.29. The average Bonchev–Trinajstić information content (AvgIpc) is 3.24. The van der Waals surface area contributed by atoms with Crippen LogP contribution < -0.4 is 10.2 Å². The summed E-state index contributed by atoms with van der Waals surface area (Å²) in [6, 6.07) is -0.943. The summed E-state index contributed by atoms with van der Waals surface area (Å²) in [6.07, 6.45) is 66.6. The minimum absolute atomic E-state index is 0.0256. The number of rotatable bonds is 41. The molecule has 0 saturated heterocycles. The van der Waals surface area contributed by atoms with Crippen LogP contribution in [0.15, 0.2) is 134 Å². The summed E-state index contributed by atoms with van der Waals surface area (Å²) in [4.78, 5) is 25.3. The Bertz CT molecular complexity index is 1480. The third kappa shape index (κ3) is 46.4. The zero-order chi connectivity index (χ0) is 46.4. The van der Waals surface area contributed by atoms with Crippen LogP contribution in [0.2, 0.25) is 0 Å². The van der Waals surface area contributed by atoms with Crippen molar-refractivity contribution in [2.75, 3.05) is 40.9 Å². The molecule has 0 radical (unpaired) electrons. The van der Waals surface area contributed by atoms with E-state index in [0.29, 0.717) is 17.4 Å². The SMILES string of the molecule is CC/C=C\C/C=C\C/C=C\C/C=C\C/C=C\C/C=C\C/C=C\C/C=C\C/C=C\CCCC(=O)NC(COP(=O)([O-])OCC[N+](C)(C)C)C(O)/C=C/CC/C=C/CCCCCCCC. The molecule has 0 fully saturated rings. The topological polar surface area (TPSA) is 108 Å². The molecule has 2 N–H and O–H groups in total. The predicted octanol–water partition coefficient (Wildman–Crippen LogP) is 13.4. The molecule has 0 aliphatic carbocycles. The molecule has 0 aliphatic rings. The van der Waals surface area contributed by atoms with Crippen LogP contribution in [0.3, 0.4) is 0 Å². The van der Waals surface area contributed by atoms with Gasteiger partial charge in [-0.15, -0.1) is 0 Å². The van der Waals surface area contributed by atoms with Crippen LogP contribution in [0.1, 0.15) is 149 Å². The Kier molecular flexibility index (Phi) is 41.5. The van der Waals surface area contributed by atoms with E-state index in [4.69, 9.17) is 9.05 Å². The third-order valence-corrected chi connectivity index (χ3v) is 10.6. The van der Waals surface area contributed by atoms with Crippen molar-refractivity contribution in [2.45, 2.75) is 161 Å². The number of allylic oxidation sites excluding steroid dienone is 21. The zero-order valence-corrected chi connectivity index (χ0v) is 41.1. The van der Waals surface area contributed by atoms with Gasteiger partial charge in [0.1, 0.15) is 13.2 Å². The summed E-state index contributed by atoms with van der Waals surface area (Å²) in [5.74, 6) is -0.274. The number of aliphatic hydroxyl groups excluding tert-OH is 1. The van der Waals surface area contributed by atoms with Crippen LogP contribution >= 0.6 is 7.82 Å². The van der Waals surface area contributed by atoms with E-state index in [1.165, 1.54) is 38.5 Å². The molecule has 0 saturated carbocycles. The first-order valence-corrected chi connectivity index (χ1v) is 25.5. The molecule has 0 rings (SSSR count). The fraction of sp³-hybridized carbons (Fsp3) is 0.574. The van der Waals surface area contributed by atoms with Crippen LogP contribution in [0.4, 0.5) is 0 Å². The zero-order valence-electron chi connectivity index (χ0n) is 40.2. The van der Waals surface area contributed by atoms with Crippen molar-refractivity contribution in [2.24, 2.45) is 0 Å². The number of likely N-dealkylation sites (N-methyl/N-ethyl adjacent to an activating group) is 1. The van der Waals surface area contributed by atoms with Gasteiger partial charge in [0.15, 0.2) is 0 Å². The summed E-state index contributed by atoms with van der Waals surface area (Å²) in [6.45, 7) is 4.41. The first-order chi connectivity index (χ1) is 30.5. The second-order valence-electron chi connectivity index (χ2n) is 16.7. The summed E-state index contributed by atoms with van der Waals surface area (Å²) >= 11 is 0. The molecule has 0 heterocycles. The van der Waals surface area contributed by atoms with Gasteiger partial charge in [0.05, 0.1) is 39.9 Å². The Morgan fingerprint density at radius 1 is 0.571 bits per heavy atom. The van der Waals surface area contributed by atoms with E-state index in [1.807, 2.05) is 27.2 Å². The molecule has 3 unspecified atom stereocenters. The smallest absolute Gasteiger partial charge is 0.268 e. The van der Waals surface area contributed by atoms with E-state index in [-0.39, 0.29) is 18.9 Å². The molecule has 1 amide bonds. The highest BCUT2D eigenvalue weighted by atomic mass is 31.2.